The fourth-order valence-corrected chi connectivity index (χ4v) is 4.01. The van der Waals surface area contributed by atoms with Crippen LogP contribution in [0.3, 0.4) is 0 Å². The molecule has 0 N–H and O–H groups in total. The quantitative estimate of drug-likeness (QED) is 0.748. The van der Waals surface area contributed by atoms with Gasteiger partial charge in [-0.15, -0.1) is 0 Å². The van der Waals surface area contributed by atoms with E-state index < -0.39 is 0 Å². The monoisotopic (exact) mass is 361 g/mol. The zero-order chi connectivity index (χ0) is 12.5. The molecule has 0 radical (unpaired) electrons. The Labute approximate surface area is 119 Å². The second-order valence-electron chi connectivity index (χ2n) is 5.12. The summed E-state index contributed by atoms with van der Waals surface area (Å²) in [5.74, 6) is 0. The van der Waals surface area contributed by atoms with E-state index in [9.17, 15) is 4.79 Å². The van der Waals surface area contributed by atoms with Crippen LogP contribution < -0.4 is 5.56 Å². The van der Waals surface area contributed by atoms with Crippen LogP contribution in [0.4, 0.5) is 0 Å². The summed E-state index contributed by atoms with van der Waals surface area (Å²) in [4.78, 5) is 12.1. The van der Waals surface area contributed by atoms with Crippen LogP contribution in [0.5, 0.6) is 0 Å². The Morgan fingerprint density at radius 2 is 2.06 bits per heavy atom. The molecular formula is C13H17Br2NO. The van der Waals surface area contributed by atoms with Crippen molar-refractivity contribution in [3.8, 4) is 0 Å². The molecule has 0 bridgehead atoms. The maximum Gasteiger partial charge on any atom is 0.253 e. The lowest BCUT2D eigenvalue weighted by molar-refractivity contribution is 0.287. The van der Waals surface area contributed by atoms with E-state index in [2.05, 4.69) is 31.9 Å². The highest BCUT2D eigenvalue weighted by molar-refractivity contribution is 9.10. The highest BCUT2D eigenvalue weighted by Gasteiger charge is 2.33. The van der Waals surface area contributed by atoms with Crippen molar-refractivity contribution in [1.82, 2.24) is 4.57 Å². The Hall–Kier alpha value is -0.0900. The van der Waals surface area contributed by atoms with Gasteiger partial charge in [-0.2, -0.15) is 0 Å². The second kappa shape index (κ2) is 5.27. The summed E-state index contributed by atoms with van der Waals surface area (Å²) in [5.41, 5.74) is 1.22. The highest BCUT2D eigenvalue weighted by atomic mass is 79.9. The number of hydrogen-bond donors (Lipinski definition) is 0. The first kappa shape index (κ1) is 13.3. The zero-order valence-corrected chi connectivity index (χ0v) is 13.2. The molecule has 0 spiro atoms. The van der Waals surface area contributed by atoms with Gasteiger partial charge in [-0.3, -0.25) is 4.79 Å². The number of alkyl halides is 1. The van der Waals surface area contributed by atoms with Gasteiger partial charge < -0.3 is 4.57 Å². The number of halogens is 2. The normalized spacial score (nSPS) is 18.5. The lowest BCUT2D eigenvalue weighted by Crippen LogP contribution is -2.32. The summed E-state index contributed by atoms with van der Waals surface area (Å²) in [5, 5.41) is 0.984. The molecule has 1 aliphatic carbocycles. The van der Waals surface area contributed by atoms with E-state index >= 15 is 0 Å². The molecule has 0 saturated heterocycles. The predicted molar refractivity (Wildman–Crippen MR) is 77.8 cm³/mol. The van der Waals surface area contributed by atoms with Crippen LogP contribution in [0.15, 0.2) is 21.5 Å². The third-order valence-corrected chi connectivity index (χ3v) is 5.31. The number of rotatable bonds is 3. The van der Waals surface area contributed by atoms with Crippen molar-refractivity contribution in [2.24, 2.45) is 5.41 Å². The maximum atomic E-state index is 12.1. The number of aromatic nitrogens is 1. The van der Waals surface area contributed by atoms with Crippen LogP contribution in [-0.4, -0.2) is 9.90 Å². The van der Waals surface area contributed by atoms with Gasteiger partial charge >= 0.3 is 0 Å². The minimum absolute atomic E-state index is 0.139. The minimum atomic E-state index is 0.139. The summed E-state index contributed by atoms with van der Waals surface area (Å²) in [6.45, 7) is 2.70. The fraction of sp³-hybridized carbons (Fsp3) is 0.615. The minimum Gasteiger partial charge on any atom is -0.314 e. The van der Waals surface area contributed by atoms with Gasteiger partial charge in [0.25, 0.3) is 5.56 Å². The molecule has 94 valence electrons. The van der Waals surface area contributed by atoms with Gasteiger partial charge in [-0.05, 0) is 47.2 Å². The Balaban J connectivity index is 2.32. The van der Waals surface area contributed by atoms with E-state index in [-0.39, 0.29) is 11.0 Å². The Kier molecular flexibility index (Phi) is 4.14. The van der Waals surface area contributed by atoms with Crippen molar-refractivity contribution in [3.05, 3.63) is 32.7 Å². The van der Waals surface area contributed by atoms with Crippen molar-refractivity contribution in [1.29, 1.82) is 0 Å². The topological polar surface area (TPSA) is 22.0 Å². The van der Waals surface area contributed by atoms with Crippen LogP contribution in [0.1, 0.15) is 31.2 Å². The molecule has 1 aromatic rings. The van der Waals surface area contributed by atoms with Gasteiger partial charge in [0.1, 0.15) is 0 Å². The van der Waals surface area contributed by atoms with Gasteiger partial charge in [0.15, 0.2) is 0 Å². The molecule has 0 aromatic carbocycles. The molecule has 0 amide bonds. The van der Waals surface area contributed by atoms with E-state index in [4.69, 9.17) is 0 Å². The maximum absolute atomic E-state index is 12.1. The molecule has 1 aliphatic rings. The largest absolute Gasteiger partial charge is 0.314 e. The predicted octanol–water partition coefficient (Wildman–Crippen LogP) is 3.87. The van der Waals surface area contributed by atoms with Gasteiger partial charge in [0.05, 0.1) is 0 Å². The summed E-state index contributed by atoms with van der Waals surface area (Å²) in [6, 6.07) is 1.88. The molecule has 0 unspecified atom stereocenters. The standard InChI is InChI=1S/C13H17Br2NO/c1-10-6-11(15)7-16(12(10)17)9-13(8-14)4-2-3-5-13/h6-7H,2-5,8-9H2,1H3. The van der Waals surface area contributed by atoms with Crippen LogP contribution >= 0.6 is 31.9 Å². The molecule has 1 saturated carbocycles. The smallest absolute Gasteiger partial charge is 0.253 e. The summed E-state index contributed by atoms with van der Waals surface area (Å²) in [7, 11) is 0. The average Bonchev–Trinajstić information content (AvgIpc) is 2.74. The molecule has 1 aromatic heterocycles. The molecule has 1 heterocycles. The number of aryl methyl sites for hydroxylation is 1. The Morgan fingerprint density at radius 3 is 2.65 bits per heavy atom. The Morgan fingerprint density at radius 1 is 1.41 bits per heavy atom. The van der Waals surface area contributed by atoms with Crippen LogP contribution in [0.25, 0.3) is 0 Å². The van der Waals surface area contributed by atoms with E-state index in [1.165, 1.54) is 25.7 Å². The second-order valence-corrected chi connectivity index (χ2v) is 6.59. The van der Waals surface area contributed by atoms with Crippen molar-refractivity contribution in [2.45, 2.75) is 39.2 Å². The van der Waals surface area contributed by atoms with Gasteiger partial charge in [-0.25, -0.2) is 0 Å². The first-order chi connectivity index (χ1) is 8.06. The van der Waals surface area contributed by atoms with Gasteiger partial charge in [0, 0.05) is 28.1 Å². The van der Waals surface area contributed by atoms with Gasteiger partial charge in [0.2, 0.25) is 0 Å². The van der Waals surface area contributed by atoms with Crippen molar-refractivity contribution in [3.63, 3.8) is 0 Å². The third kappa shape index (κ3) is 2.84. The SMILES string of the molecule is Cc1cc(Br)cn(CC2(CBr)CCCC2)c1=O. The molecule has 2 rings (SSSR count). The lowest BCUT2D eigenvalue weighted by atomic mass is 9.88. The van der Waals surface area contributed by atoms with Crippen LogP contribution in [0, 0.1) is 12.3 Å². The van der Waals surface area contributed by atoms with E-state index in [0.29, 0.717) is 0 Å². The lowest BCUT2D eigenvalue weighted by Gasteiger charge is -2.27. The van der Waals surface area contributed by atoms with Crippen LogP contribution in [0.2, 0.25) is 0 Å². The first-order valence-corrected chi connectivity index (χ1v) is 7.90. The number of pyridine rings is 1. The molecule has 4 heteroatoms. The number of hydrogen-bond acceptors (Lipinski definition) is 1. The molecule has 0 aliphatic heterocycles. The Bertz CT molecular complexity index is 461. The molecule has 0 atom stereocenters. The van der Waals surface area contributed by atoms with Crippen molar-refractivity contribution in [2.75, 3.05) is 5.33 Å². The average molecular weight is 363 g/mol. The van der Waals surface area contributed by atoms with Gasteiger partial charge in [-0.1, -0.05) is 28.8 Å². The molecule has 1 fully saturated rings. The van der Waals surface area contributed by atoms with Crippen LogP contribution in [-0.2, 0) is 6.54 Å². The summed E-state index contributed by atoms with van der Waals surface area (Å²) < 4.78 is 2.85. The highest BCUT2D eigenvalue weighted by Crippen LogP contribution is 2.40. The third-order valence-electron chi connectivity index (χ3n) is 3.69. The number of nitrogens with zero attached hydrogens (tertiary/aromatic N) is 1. The fourth-order valence-electron chi connectivity index (χ4n) is 2.68. The summed E-state index contributed by atoms with van der Waals surface area (Å²) in [6.07, 6.45) is 6.92. The zero-order valence-electron chi connectivity index (χ0n) is 10.0. The molecule has 17 heavy (non-hydrogen) atoms. The molecular weight excluding hydrogens is 346 g/mol. The van der Waals surface area contributed by atoms with Crippen molar-refractivity contribution < 1.29 is 0 Å². The van der Waals surface area contributed by atoms with E-state index in [0.717, 1.165) is 21.9 Å². The van der Waals surface area contributed by atoms with E-state index in [1.54, 1.807) is 0 Å². The summed E-state index contributed by atoms with van der Waals surface area (Å²) >= 11 is 7.09. The van der Waals surface area contributed by atoms with Crippen molar-refractivity contribution >= 4 is 31.9 Å². The first-order valence-electron chi connectivity index (χ1n) is 5.99. The molecule has 2 nitrogen and oxygen atoms in total. The van der Waals surface area contributed by atoms with E-state index in [1.807, 2.05) is 23.8 Å².